The smallest absolute Gasteiger partial charge is 0.224 e. The second-order valence-electron chi connectivity index (χ2n) is 4.75. The molecule has 0 saturated heterocycles. The minimum Gasteiger partial charge on any atom is -0.344 e. The van der Waals surface area contributed by atoms with Crippen LogP contribution >= 0.6 is 11.6 Å². The predicted molar refractivity (Wildman–Crippen MR) is 81.3 cm³/mol. The van der Waals surface area contributed by atoms with Crippen molar-refractivity contribution in [1.29, 1.82) is 0 Å². The van der Waals surface area contributed by atoms with E-state index in [1.54, 1.807) is 24.7 Å². The Morgan fingerprint density at radius 2 is 2.29 bits per heavy atom. The highest BCUT2D eigenvalue weighted by Crippen LogP contribution is 2.25. The van der Waals surface area contributed by atoms with Gasteiger partial charge in [0.15, 0.2) is 0 Å². The molecule has 0 spiro atoms. The summed E-state index contributed by atoms with van der Waals surface area (Å²) in [7, 11) is 1.91. The van der Waals surface area contributed by atoms with Gasteiger partial charge in [0, 0.05) is 37.3 Å². The monoisotopic (exact) mass is 303 g/mol. The Hall–Kier alpha value is -2.34. The summed E-state index contributed by atoms with van der Waals surface area (Å²) in [5, 5.41) is 3.40. The summed E-state index contributed by atoms with van der Waals surface area (Å²) < 4.78 is 1.90. The number of carbonyl (C=O) groups excluding carboxylic acids is 1. The minimum atomic E-state index is -0.0930. The van der Waals surface area contributed by atoms with Gasteiger partial charge >= 0.3 is 0 Å². The molecule has 0 unspecified atom stereocenters. The fourth-order valence-corrected chi connectivity index (χ4v) is 2.40. The van der Waals surface area contributed by atoms with Crippen molar-refractivity contribution >= 4 is 34.2 Å². The van der Waals surface area contributed by atoms with Gasteiger partial charge in [0.1, 0.15) is 11.3 Å². The lowest BCUT2D eigenvalue weighted by molar-refractivity contribution is -0.116. The summed E-state index contributed by atoms with van der Waals surface area (Å²) in [5.41, 5.74) is 2.11. The van der Waals surface area contributed by atoms with E-state index in [0.717, 1.165) is 11.3 Å². The van der Waals surface area contributed by atoms with E-state index in [9.17, 15) is 4.79 Å². The molecule has 1 amide bonds. The molecule has 0 saturated carbocycles. The Bertz CT molecular complexity index is 792. The topological polar surface area (TPSA) is 75.6 Å². The highest BCUT2D eigenvalue weighted by atomic mass is 35.5. The number of hydrogen-bond acceptors (Lipinski definition) is 3. The largest absolute Gasteiger partial charge is 0.344 e. The number of carbonyl (C=O) groups is 1. The number of rotatable bonds is 4. The maximum atomic E-state index is 12.1. The highest BCUT2D eigenvalue weighted by Gasteiger charge is 2.10. The van der Waals surface area contributed by atoms with Crippen LogP contribution < -0.4 is 5.32 Å². The molecule has 21 heavy (non-hydrogen) atoms. The van der Waals surface area contributed by atoms with Crippen molar-refractivity contribution in [3.8, 4) is 0 Å². The second kappa shape index (κ2) is 5.57. The first kappa shape index (κ1) is 13.6. The van der Waals surface area contributed by atoms with E-state index >= 15 is 0 Å². The number of H-pyrrole nitrogens is 1. The van der Waals surface area contributed by atoms with Gasteiger partial charge in [-0.05, 0) is 12.1 Å². The van der Waals surface area contributed by atoms with Crippen molar-refractivity contribution in [2.45, 2.75) is 12.8 Å². The fourth-order valence-electron chi connectivity index (χ4n) is 2.19. The van der Waals surface area contributed by atoms with Crippen molar-refractivity contribution in [3.63, 3.8) is 0 Å². The van der Waals surface area contributed by atoms with Crippen LogP contribution in [0, 0.1) is 0 Å². The highest BCUT2D eigenvalue weighted by molar-refractivity contribution is 6.31. The number of benzene rings is 1. The van der Waals surface area contributed by atoms with Crippen molar-refractivity contribution < 1.29 is 4.79 Å². The number of aryl methyl sites for hydroxylation is 2. The summed E-state index contributed by atoms with van der Waals surface area (Å²) in [6.07, 6.45) is 6.09. The lowest BCUT2D eigenvalue weighted by atomic mass is 10.2. The lowest BCUT2D eigenvalue weighted by Crippen LogP contribution is -2.13. The number of halogens is 1. The standard InChI is InChI=1S/C14H14ClN5O/c1-20-5-4-16-12(20)2-3-13(21)19-11-7-9(15)6-10-14(11)18-8-17-10/h4-8H,2-3H2,1H3,(H,17,18)(H,19,21). The third-order valence-corrected chi connectivity index (χ3v) is 3.48. The molecule has 2 heterocycles. The van der Waals surface area contributed by atoms with Gasteiger partial charge in [0.05, 0.1) is 17.5 Å². The average Bonchev–Trinajstić information content (AvgIpc) is 3.05. The van der Waals surface area contributed by atoms with Gasteiger partial charge in [0.2, 0.25) is 5.91 Å². The first-order valence-electron chi connectivity index (χ1n) is 6.52. The van der Waals surface area contributed by atoms with Crippen LogP contribution in [-0.4, -0.2) is 25.4 Å². The number of imidazole rings is 2. The van der Waals surface area contributed by atoms with E-state index in [4.69, 9.17) is 11.6 Å². The normalized spacial score (nSPS) is 11.0. The zero-order chi connectivity index (χ0) is 14.8. The molecule has 2 aromatic heterocycles. The average molecular weight is 304 g/mol. The number of hydrogen-bond donors (Lipinski definition) is 2. The molecule has 3 aromatic rings. The summed E-state index contributed by atoms with van der Waals surface area (Å²) >= 11 is 6.03. The summed E-state index contributed by atoms with van der Waals surface area (Å²) in [5.74, 6) is 0.783. The summed E-state index contributed by atoms with van der Waals surface area (Å²) in [6, 6.07) is 3.47. The third-order valence-electron chi connectivity index (χ3n) is 3.26. The maximum absolute atomic E-state index is 12.1. The van der Waals surface area contributed by atoms with Crippen LogP contribution in [0.15, 0.2) is 30.9 Å². The number of nitrogens with zero attached hydrogens (tertiary/aromatic N) is 3. The second-order valence-corrected chi connectivity index (χ2v) is 5.19. The summed E-state index contributed by atoms with van der Waals surface area (Å²) in [6.45, 7) is 0. The molecule has 0 aliphatic heterocycles. The van der Waals surface area contributed by atoms with Crippen LogP contribution in [0.25, 0.3) is 11.0 Å². The maximum Gasteiger partial charge on any atom is 0.224 e. The molecule has 0 aliphatic rings. The molecule has 7 heteroatoms. The van der Waals surface area contributed by atoms with Crippen molar-refractivity contribution in [3.05, 3.63) is 41.7 Å². The first-order chi connectivity index (χ1) is 10.1. The summed E-state index contributed by atoms with van der Waals surface area (Å²) in [4.78, 5) is 23.4. The number of fused-ring (bicyclic) bond motifs is 1. The van der Waals surface area contributed by atoms with Gasteiger partial charge < -0.3 is 14.9 Å². The Kier molecular flexibility index (Phi) is 3.62. The number of anilines is 1. The van der Waals surface area contributed by atoms with Crippen LogP contribution in [0.4, 0.5) is 5.69 Å². The fraction of sp³-hybridized carbons (Fsp3) is 0.214. The molecule has 0 atom stereocenters. The van der Waals surface area contributed by atoms with Crippen LogP contribution in [0.1, 0.15) is 12.2 Å². The Morgan fingerprint density at radius 3 is 3.05 bits per heavy atom. The van der Waals surface area contributed by atoms with Crippen LogP contribution in [0.3, 0.4) is 0 Å². The predicted octanol–water partition coefficient (Wildman–Crippen LogP) is 2.52. The molecule has 2 N–H and O–H groups in total. The Balaban J connectivity index is 1.71. The number of amides is 1. The van der Waals surface area contributed by atoms with Crippen LogP contribution in [0.2, 0.25) is 5.02 Å². The third kappa shape index (κ3) is 2.90. The quantitative estimate of drug-likeness (QED) is 0.777. The van der Waals surface area contributed by atoms with E-state index in [1.807, 2.05) is 17.8 Å². The Labute approximate surface area is 126 Å². The van der Waals surface area contributed by atoms with Crippen molar-refractivity contribution in [2.24, 2.45) is 7.05 Å². The minimum absolute atomic E-state index is 0.0930. The van der Waals surface area contributed by atoms with E-state index in [-0.39, 0.29) is 5.91 Å². The van der Waals surface area contributed by atoms with Gasteiger partial charge in [0.25, 0.3) is 0 Å². The zero-order valence-electron chi connectivity index (χ0n) is 11.4. The molecule has 0 bridgehead atoms. The zero-order valence-corrected chi connectivity index (χ0v) is 12.2. The molecular weight excluding hydrogens is 290 g/mol. The number of aromatic amines is 1. The molecule has 1 aromatic carbocycles. The molecule has 3 rings (SSSR count). The van der Waals surface area contributed by atoms with Gasteiger partial charge in [-0.25, -0.2) is 9.97 Å². The Morgan fingerprint density at radius 1 is 1.43 bits per heavy atom. The van der Waals surface area contributed by atoms with Crippen molar-refractivity contribution in [1.82, 2.24) is 19.5 Å². The van der Waals surface area contributed by atoms with E-state index in [0.29, 0.717) is 29.1 Å². The van der Waals surface area contributed by atoms with E-state index in [1.165, 1.54) is 0 Å². The van der Waals surface area contributed by atoms with Gasteiger partial charge in [-0.1, -0.05) is 11.6 Å². The van der Waals surface area contributed by atoms with Crippen LogP contribution in [0.5, 0.6) is 0 Å². The SMILES string of the molecule is Cn1ccnc1CCC(=O)Nc1cc(Cl)cc2[nH]cnc12. The van der Waals surface area contributed by atoms with E-state index < -0.39 is 0 Å². The van der Waals surface area contributed by atoms with E-state index in [2.05, 4.69) is 20.3 Å². The lowest BCUT2D eigenvalue weighted by Gasteiger charge is -2.07. The molecule has 6 nitrogen and oxygen atoms in total. The van der Waals surface area contributed by atoms with Gasteiger partial charge in [-0.3, -0.25) is 4.79 Å². The number of aromatic nitrogens is 4. The first-order valence-corrected chi connectivity index (χ1v) is 6.90. The van der Waals surface area contributed by atoms with Crippen molar-refractivity contribution in [2.75, 3.05) is 5.32 Å². The molecule has 0 fully saturated rings. The van der Waals surface area contributed by atoms with Crippen LogP contribution in [-0.2, 0) is 18.3 Å². The molecule has 0 radical (unpaired) electrons. The van der Waals surface area contributed by atoms with Gasteiger partial charge in [-0.15, -0.1) is 0 Å². The molecular formula is C14H14ClN5O. The molecule has 108 valence electrons. The van der Waals surface area contributed by atoms with Gasteiger partial charge in [-0.2, -0.15) is 0 Å². The number of nitrogens with one attached hydrogen (secondary N) is 2. The molecule has 0 aliphatic carbocycles.